The number of rotatable bonds is 6. The first kappa shape index (κ1) is 23.4. The van der Waals surface area contributed by atoms with Gasteiger partial charge in [0.1, 0.15) is 12.5 Å². The van der Waals surface area contributed by atoms with Crippen LogP contribution in [0.2, 0.25) is 0 Å². The number of ether oxygens (including phenoxy) is 2. The van der Waals surface area contributed by atoms with Gasteiger partial charge in [0.05, 0.1) is 19.3 Å². The summed E-state index contributed by atoms with van der Waals surface area (Å²) < 4.78 is 10.9. The third-order valence-electron chi connectivity index (χ3n) is 7.44. The van der Waals surface area contributed by atoms with Crippen LogP contribution in [0.15, 0.2) is 48.5 Å². The van der Waals surface area contributed by atoms with Crippen LogP contribution in [0.1, 0.15) is 42.7 Å². The number of fused-ring (bicyclic) bond motifs is 3. The lowest BCUT2D eigenvalue weighted by Gasteiger charge is -2.30. The number of carbonyl (C=O) groups excluding carboxylic acids is 2. The Morgan fingerprint density at radius 2 is 1.63 bits per heavy atom. The number of nitrogens with one attached hydrogen (secondary N) is 2. The number of amides is 2. The molecule has 3 aliphatic rings. The van der Waals surface area contributed by atoms with Crippen LogP contribution >= 0.6 is 0 Å². The van der Waals surface area contributed by atoms with Crippen LogP contribution < -0.4 is 10.6 Å². The van der Waals surface area contributed by atoms with Crippen molar-refractivity contribution < 1.29 is 29.0 Å². The van der Waals surface area contributed by atoms with Gasteiger partial charge in [0.15, 0.2) is 0 Å². The standard InChI is InChI=1S/C27H30N2O6/c30-25(29-24-15-34-13-23(24)26(31)32)16-6-5-7-17(12-16)28-27(33)35-14-22-20-10-3-1-8-18(20)19-9-2-4-11-21(19)22/h1-4,8-11,16-17,22-24H,5-7,12-15H2,(H,28,33)(H,29,30)(H,31,32). The molecule has 2 aliphatic carbocycles. The molecular weight excluding hydrogens is 448 g/mol. The summed E-state index contributed by atoms with van der Waals surface area (Å²) in [4.78, 5) is 36.8. The minimum Gasteiger partial charge on any atom is -0.481 e. The number of aliphatic carboxylic acids is 1. The molecule has 184 valence electrons. The molecule has 4 atom stereocenters. The Kier molecular flexibility index (Phi) is 6.72. The van der Waals surface area contributed by atoms with Gasteiger partial charge in [-0.1, -0.05) is 55.0 Å². The molecule has 0 radical (unpaired) electrons. The van der Waals surface area contributed by atoms with Crippen molar-refractivity contribution in [3.05, 3.63) is 59.7 Å². The highest BCUT2D eigenvalue weighted by atomic mass is 16.5. The van der Waals surface area contributed by atoms with Crippen molar-refractivity contribution in [2.24, 2.45) is 11.8 Å². The first-order valence-electron chi connectivity index (χ1n) is 12.2. The second-order valence-corrected chi connectivity index (χ2v) is 9.63. The van der Waals surface area contributed by atoms with Crippen LogP contribution in [-0.2, 0) is 19.1 Å². The molecule has 0 spiro atoms. The molecule has 5 rings (SSSR count). The van der Waals surface area contributed by atoms with Gasteiger partial charge in [-0.2, -0.15) is 0 Å². The average molecular weight is 479 g/mol. The van der Waals surface area contributed by atoms with Crippen molar-refractivity contribution in [1.82, 2.24) is 10.6 Å². The van der Waals surface area contributed by atoms with E-state index in [1.165, 1.54) is 11.1 Å². The maximum Gasteiger partial charge on any atom is 0.407 e. The maximum atomic E-state index is 12.8. The summed E-state index contributed by atoms with van der Waals surface area (Å²) in [5.74, 6) is -2.15. The molecule has 3 N–H and O–H groups in total. The van der Waals surface area contributed by atoms with E-state index in [-0.39, 0.29) is 43.6 Å². The van der Waals surface area contributed by atoms with Gasteiger partial charge < -0.3 is 25.2 Å². The fraction of sp³-hybridized carbons (Fsp3) is 0.444. The molecule has 0 bridgehead atoms. The van der Waals surface area contributed by atoms with Gasteiger partial charge in [0.2, 0.25) is 5.91 Å². The summed E-state index contributed by atoms with van der Waals surface area (Å²) in [6, 6.07) is 15.7. The normalized spacial score (nSPS) is 25.4. The second kappa shape index (κ2) is 10.1. The zero-order valence-corrected chi connectivity index (χ0v) is 19.4. The van der Waals surface area contributed by atoms with Crippen LogP contribution in [0.4, 0.5) is 4.79 Å². The van der Waals surface area contributed by atoms with E-state index in [1.807, 2.05) is 24.3 Å². The van der Waals surface area contributed by atoms with Gasteiger partial charge in [-0.25, -0.2) is 4.79 Å². The van der Waals surface area contributed by atoms with Crippen LogP contribution in [0.3, 0.4) is 0 Å². The summed E-state index contributed by atoms with van der Waals surface area (Å²) in [5, 5.41) is 15.1. The average Bonchev–Trinajstić information content (AvgIpc) is 3.45. The van der Waals surface area contributed by atoms with Crippen molar-refractivity contribution >= 4 is 18.0 Å². The zero-order chi connectivity index (χ0) is 24.4. The smallest absolute Gasteiger partial charge is 0.407 e. The minimum atomic E-state index is -0.966. The van der Waals surface area contributed by atoms with E-state index in [0.29, 0.717) is 12.8 Å². The Bertz CT molecular complexity index is 1070. The van der Waals surface area contributed by atoms with E-state index in [9.17, 15) is 19.5 Å². The summed E-state index contributed by atoms with van der Waals surface area (Å²) in [7, 11) is 0. The number of carboxylic acid groups (broad SMARTS) is 1. The van der Waals surface area contributed by atoms with Crippen molar-refractivity contribution in [2.45, 2.75) is 43.7 Å². The molecule has 35 heavy (non-hydrogen) atoms. The number of hydrogen-bond donors (Lipinski definition) is 3. The van der Waals surface area contributed by atoms with Gasteiger partial charge in [-0.3, -0.25) is 9.59 Å². The summed E-state index contributed by atoms with van der Waals surface area (Å²) in [6.07, 6.45) is 2.31. The quantitative estimate of drug-likeness (QED) is 0.587. The van der Waals surface area contributed by atoms with Gasteiger partial charge in [0.25, 0.3) is 0 Å². The van der Waals surface area contributed by atoms with E-state index in [2.05, 4.69) is 34.9 Å². The first-order valence-corrected chi connectivity index (χ1v) is 12.2. The SMILES string of the molecule is O=C(NC1CCCC(C(=O)NC2COCC2C(=O)O)C1)OCC1c2ccccc2-c2ccccc21. The third kappa shape index (κ3) is 4.89. The van der Waals surface area contributed by atoms with Gasteiger partial charge in [-0.15, -0.1) is 0 Å². The number of carbonyl (C=O) groups is 3. The number of benzene rings is 2. The Morgan fingerprint density at radius 1 is 0.943 bits per heavy atom. The predicted molar refractivity (Wildman–Crippen MR) is 128 cm³/mol. The Balaban J connectivity index is 1.14. The molecule has 0 aromatic heterocycles. The third-order valence-corrected chi connectivity index (χ3v) is 7.44. The minimum absolute atomic E-state index is 0.00570. The van der Waals surface area contributed by atoms with Crippen LogP contribution in [0.25, 0.3) is 11.1 Å². The Morgan fingerprint density at radius 3 is 2.31 bits per heavy atom. The van der Waals surface area contributed by atoms with E-state index in [4.69, 9.17) is 9.47 Å². The molecule has 2 aromatic carbocycles. The van der Waals surface area contributed by atoms with Crippen LogP contribution in [-0.4, -0.2) is 55.0 Å². The van der Waals surface area contributed by atoms with Gasteiger partial charge in [-0.05, 0) is 41.5 Å². The zero-order valence-electron chi connectivity index (χ0n) is 19.4. The Labute approximate surface area is 204 Å². The molecule has 2 fully saturated rings. The largest absolute Gasteiger partial charge is 0.481 e. The van der Waals surface area contributed by atoms with Crippen LogP contribution in [0.5, 0.6) is 0 Å². The summed E-state index contributed by atoms with van der Waals surface area (Å²) in [5.41, 5.74) is 4.67. The van der Waals surface area contributed by atoms with Crippen molar-refractivity contribution in [3.8, 4) is 11.1 Å². The highest BCUT2D eigenvalue weighted by Gasteiger charge is 2.37. The van der Waals surface area contributed by atoms with E-state index >= 15 is 0 Å². The molecule has 1 heterocycles. The van der Waals surface area contributed by atoms with E-state index < -0.39 is 24.0 Å². The number of carboxylic acids is 1. The molecule has 1 saturated heterocycles. The lowest BCUT2D eigenvalue weighted by atomic mass is 9.85. The fourth-order valence-corrected chi connectivity index (χ4v) is 5.61. The van der Waals surface area contributed by atoms with Gasteiger partial charge >= 0.3 is 12.1 Å². The highest BCUT2D eigenvalue weighted by Crippen LogP contribution is 2.44. The van der Waals surface area contributed by atoms with Gasteiger partial charge in [0, 0.05) is 17.9 Å². The first-order chi connectivity index (χ1) is 17.0. The molecule has 8 heteroatoms. The topological polar surface area (TPSA) is 114 Å². The lowest BCUT2D eigenvalue weighted by molar-refractivity contribution is -0.142. The van der Waals surface area contributed by atoms with E-state index in [0.717, 1.165) is 24.0 Å². The van der Waals surface area contributed by atoms with E-state index in [1.54, 1.807) is 0 Å². The second-order valence-electron chi connectivity index (χ2n) is 9.63. The predicted octanol–water partition coefficient (Wildman–Crippen LogP) is 3.30. The Hall–Kier alpha value is -3.39. The highest BCUT2D eigenvalue weighted by molar-refractivity contribution is 5.81. The van der Waals surface area contributed by atoms with Crippen molar-refractivity contribution in [3.63, 3.8) is 0 Å². The maximum absolute atomic E-state index is 12.8. The molecule has 1 saturated carbocycles. The molecule has 4 unspecified atom stereocenters. The number of alkyl carbamates (subject to hydrolysis) is 1. The fourth-order valence-electron chi connectivity index (χ4n) is 5.61. The monoisotopic (exact) mass is 478 g/mol. The number of hydrogen-bond acceptors (Lipinski definition) is 5. The molecule has 8 nitrogen and oxygen atoms in total. The van der Waals surface area contributed by atoms with Crippen molar-refractivity contribution in [2.75, 3.05) is 19.8 Å². The van der Waals surface area contributed by atoms with Crippen molar-refractivity contribution in [1.29, 1.82) is 0 Å². The molecule has 2 amide bonds. The lowest BCUT2D eigenvalue weighted by Crippen LogP contribution is -2.48. The molecular formula is C27H30N2O6. The summed E-state index contributed by atoms with van der Waals surface area (Å²) >= 11 is 0. The summed E-state index contributed by atoms with van der Waals surface area (Å²) in [6.45, 7) is 0.558. The van der Waals surface area contributed by atoms with Crippen LogP contribution in [0, 0.1) is 11.8 Å². The molecule has 1 aliphatic heterocycles. The molecule has 2 aromatic rings.